The average molecular weight is 527 g/mol. The minimum absolute atomic E-state index is 0.111. The van der Waals surface area contributed by atoms with Gasteiger partial charge in [0.25, 0.3) is 0 Å². The highest BCUT2D eigenvalue weighted by atomic mass is 79.9. The van der Waals surface area contributed by atoms with E-state index in [1.165, 1.54) is 0 Å². The molecule has 0 aliphatic heterocycles. The number of ether oxygens (including phenoxy) is 1. The molecule has 3 rings (SSSR count). The fourth-order valence-corrected chi connectivity index (χ4v) is 3.79. The van der Waals surface area contributed by atoms with Crippen LogP contribution in [-0.4, -0.2) is 40.7 Å². The zero-order valence-corrected chi connectivity index (χ0v) is 18.9. The van der Waals surface area contributed by atoms with Crippen LogP contribution < -0.4 is 5.73 Å². The van der Waals surface area contributed by atoms with Crippen molar-refractivity contribution >= 4 is 43.6 Å². The van der Waals surface area contributed by atoms with Gasteiger partial charge in [-0.05, 0) is 50.5 Å². The van der Waals surface area contributed by atoms with Gasteiger partial charge in [-0.2, -0.15) is 0 Å². The maximum absolute atomic E-state index is 11.5. The molecular formula is C19H21Br2N5O3. The number of anilines is 1. The molecule has 10 heteroatoms. The Morgan fingerprint density at radius 3 is 2.97 bits per heavy atom. The molecule has 8 nitrogen and oxygen atoms in total. The summed E-state index contributed by atoms with van der Waals surface area (Å²) in [6, 6.07) is 5.50. The quantitative estimate of drug-likeness (QED) is 0.393. The largest absolute Gasteiger partial charge is 0.493 e. The molecule has 1 unspecified atom stereocenters. The molecule has 0 saturated carbocycles. The Balaban J connectivity index is 1.57. The molecule has 0 bridgehead atoms. The van der Waals surface area contributed by atoms with E-state index in [-0.39, 0.29) is 11.6 Å². The summed E-state index contributed by atoms with van der Waals surface area (Å²) >= 11 is 6.86. The molecule has 1 aliphatic rings. The van der Waals surface area contributed by atoms with Crippen molar-refractivity contribution < 1.29 is 14.6 Å². The number of hydrogen-bond donors (Lipinski definition) is 2. The monoisotopic (exact) mass is 525 g/mol. The molecule has 0 fully saturated rings. The van der Waals surface area contributed by atoms with Crippen LogP contribution in [0, 0.1) is 0 Å². The molecule has 3 N–H and O–H groups in total. The summed E-state index contributed by atoms with van der Waals surface area (Å²) in [7, 11) is 0. The Morgan fingerprint density at radius 1 is 1.45 bits per heavy atom. The van der Waals surface area contributed by atoms with Gasteiger partial charge in [0.2, 0.25) is 0 Å². The predicted octanol–water partition coefficient (Wildman–Crippen LogP) is 4.06. The second-order valence-corrected chi connectivity index (χ2v) is 10.6. The number of nitrogens with two attached hydrogens (primary N) is 1. The minimum Gasteiger partial charge on any atom is -0.493 e. The van der Waals surface area contributed by atoms with Gasteiger partial charge >= 0.3 is 5.97 Å². The fraction of sp³-hybridized carbons (Fsp3) is 0.368. The lowest BCUT2D eigenvalue weighted by Crippen LogP contribution is -2.18. The molecule has 2 heterocycles. The highest BCUT2D eigenvalue weighted by Crippen LogP contribution is 2.39. The van der Waals surface area contributed by atoms with Crippen LogP contribution in [0.4, 0.5) is 5.82 Å². The number of nitrogens with zero attached hydrogens (tertiary/aromatic N) is 4. The van der Waals surface area contributed by atoms with Gasteiger partial charge in [-0.25, -0.2) is 9.78 Å². The normalized spacial score (nSPS) is 16.7. The summed E-state index contributed by atoms with van der Waals surface area (Å²) in [5, 5.41) is 17.6. The van der Waals surface area contributed by atoms with Gasteiger partial charge in [-0.15, -0.1) is 10.2 Å². The minimum atomic E-state index is -1.02. The van der Waals surface area contributed by atoms with E-state index in [4.69, 9.17) is 10.5 Å². The SMILES string of the molecule is CC(CCCOC1=CCC(Br)(Br)C=C1C(=O)O)n1cnnc1-c1cccc(N)n1. The van der Waals surface area contributed by atoms with E-state index in [1.807, 2.05) is 16.7 Å². The van der Waals surface area contributed by atoms with Gasteiger partial charge in [0, 0.05) is 6.04 Å². The Bertz CT molecular complexity index is 955. The maximum atomic E-state index is 11.5. The van der Waals surface area contributed by atoms with Crippen molar-refractivity contribution in [3.05, 3.63) is 48.0 Å². The smallest absolute Gasteiger partial charge is 0.339 e. The van der Waals surface area contributed by atoms with E-state index < -0.39 is 9.20 Å². The Labute approximate surface area is 185 Å². The van der Waals surface area contributed by atoms with E-state index in [9.17, 15) is 9.90 Å². The molecule has 1 atom stereocenters. The van der Waals surface area contributed by atoms with Crippen molar-refractivity contribution in [3.63, 3.8) is 0 Å². The molecule has 154 valence electrons. The fourth-order valence-electron chi connectivity index (χ4n) is 3.01. The summed E-state index contributed by atoms with van der Waals surface area (Å²) in [5.41, 5.74) is 6.58. The van der Waals surface area contributed by atoms with E-state index in [1.54, 1.807) is 24.5 Å². The third-order valence-electron chi connectivity index (χ3n) is 4.48. The van der Waals surface area contributed by atoms with Crippen molar-refractivity contribution in [2.45, 2.75) is 35.5 Å². The van der Waals surface area contributed by atoms with Crippen LogP contribution in [0.1, 0.15) is 32.2 Å². The zero-order chi connectivity index (χ0) is 21.0. The van der Waals surface area contributed by atoms with Crippen LogP contribution in [0.15, 0.2) is 48.0 Å². The second-order valence-electron chi connectivity index (χ2n) is 6.75. The molecule has 29 heavy (non-hydrogen) atoms. The van der Waals surface area contributed by atoms with Crippen LogP contribution in [0.2, 0.25) is 0 Å². The van der Waals surface area contributed by atoms with E-state index in [0.29, 0.717) is 36.1 Å². The first-order valence-electron chi connectivity index (χ1n) is 9.06. The number of carboxylic acid groups (broad SMARTS) is 1. The van der Waals surface area contributed by atoms with Crippen molar-refractivity contribution in [2.75, 3.05) is 12.3 Å². The van der Waals surface area contributed by atoms with Gasteiger partial charge in [0.05, 0.1) is 12.2 Å². The zero-order valence-electron chi connectivity index (χ0n) is 15.8. The molecule has 1 aliphatic carbocycles. The lowest BCUT2D eigenvalue weighted by molar-refractivity contribution is -0.132. The summed E-state index contributed by atoms with van der Waals surface area (Å²) < 4.78 is 7.16. The lowest BCUT2D eigenvalue weighted by atomic mass is 10.1. The van der Waals surface area contributed by atoms with Crippen LogP contribution in [0.25, 0.3) is 11.5 Å². The van der Waals surface area contributed by atoms with Crippen molar-refractivity contribution in [1.29, 1.82) is 0 Å². The lowest BCUT2D eigenvalue weighted by Gasteiger charge is -2.23. The molecule has 2 aromatic rings. The summed E-state index contributed by atoms with van der Waals surface area (Å²) in [6.45, 7) is 2.47. The highest BCUT2D eigenvalue weighted by molar-refractivity contribution is 9.25. The first-order valence-corrected chi connectivity index (χ1v) is 10.6. The van der Waals surface area contributed by atoms with E-state index in [0.717, 1.165) is 12.8 Å². The number of allylic oxidation sites excluding steroid dienone is 2. The summed E-state index contributed by atoms with van der Waals surface area (Å²) in [5.74, 6) is 0.463. The standard InChI is InChI=1S/C19H21Br2N5O3/c1-12(26-11-23-25-17(26)14-5-2-6-16(22)24-14)4-3-9-29-15-7-8-19(20,21)10-13(15)18(27)28/h2,5-7,10-12H,3-4,8-9H2,1H3,(H2,22,24)(H,27,28). The second kappa shape index (κ2) is 9.08. The molecule has 0 aromatic carbocycles. The van der Waals surface area contributed by atoms with E-state index in [2.05, 4.69) is 54.0 Å². The molecule has 2 aromatic heterocycles. The highest BCUT2D eigenvalue weighted by Gasteiger charge is 2.29. The van der Waals surface area contributed by atoms with Gasteiger partial charge in [0.15, 0.2) is 5.82 Å². The van der Waals surface area contributed by atoms with Crippen LogP contribution in [0.5, 0.6) is 0 Å². The number of carboxylic acids is 1. The van der Waals surface area contributed by atoms with Gasteiger partial charge in [-0.3, -0.25) is 0 Å². The molecule has 0 radical (unpaired) electrons. The van der Waals surface area contributed by atoms with Crippen molar-refractivity contribution in [1.82, 2.24) is 19.7 Å². The number of aliphatic carboxylic acids is 1. The number of hydrogen-bond acceptors (Lipinski definition) is 6. The Hall–Kier alpha value is -2.20. The third kappa shape index (κ3) is 5.45. The maximum Gasteiger partial charge on any atom is 0.339 e. The van der Waals surface area contributed by atoms with E-state index >= 15 is 0 Å². The van der Waals surface area contributed by atoms with Crippen molar-refractivity contribution in [2.24, 2.45) is 0 Å². The summed E-state index contributed by atoms with van der Waals surface area (Å²) in [6.07, 6.45) is 7.18. The number of alkyl halides is 2. The molecule has 0 saturated heterocycles. The van der Waals surface area contributed by atoms with Crippen LogP contribution in [-0.2, 0) is 9.53 Å². The Kier molecular flexibility index (Phi) is 6.74. The van der Waals surface area contributed by atoms with Gasteiger partial charge < -0.3 is 20.1 Å². The number of pyridine rings is 1. The van der Waals surface area contributed by atoms with Gasteiger partial charge in [0.1, 0.15) is 26.8 Å². The number of aromatic nitrogens is 4. The molecular weight excluding hydrogens is 506 g/mol. The summed E-state index contributed by atoms with van der Waals surface area (Å²) in [4.78, 5) is 15.8. The van der Waals surface area contributed by atoms with Crippen molar-refractivity contribution in [3.8, 4) is 11.5 Å². The number of nitrogen functional groups attached to an aromatic ring is 1. The number of halogens is 2. The molecule has 0 amide bonds. The first kappa shape index (κ1) is 21.5. The predicted molar refractivity (Wildman–Crippen MR) is 117 cm³/mol. The topological polar surface area (TPSA) is 116 Å². The molecule has 0 spiro atoms. The van der Waals surface area contributed by atoms with Crippen LogP contribution in [0.3, 0.4) is 0 Å². The number of carbonyl (C=O) groups is 1. The third-order valence-corrected chi connectivity index (χ3v) is 5.59. The Morgan fingerprint density at radius 2 is 2.24 bits per heavy atom. The van der Waals surface area contributed by atoms with Gasteiger partial charge in [-0.1, -0.05) is 37.9 Å². The first-order chi connectivity index (χ1) is 13.8. The average Bonchev–Trinajstić information content (AvgIpc) is 3.15. The number of rotatable bonds is 8. The van der Waals surface area contributed by atoms with Crippen LogP contribution >= 0.6 is 31.9 Å².